The lowest BCUT2D eigenvalue weighted by Crippen LogP contribution is -2.01. The maximum absolute atomic E-state index is 10.4. The summed E-state index contributed by atoms with van der Waals surface area (Å²) in [5.74, 6) is 0.257. The lowest BCUT2D eigenvalue weighted by Gasteiger charge is -2.02. The van der Waals surface area contributed by atoms with Gasteiger partial charge in [-0.1, -0.05) is 18.2 Å². The number of carboxylic acid groups (broad SMARTS) is 1. The van der Waals surface area contributed by atoms with Crippen LogP contribution in [0.5, 0.6) is 5.75 Å². The summed E-state index contributed by atoms with van der Waals surface area (Å²) in [5, 5.41) is 15.9. The molecule has 0 aliphatic carbocycles. The molecular weight excluding hydrogens is 236 g/mol. The fraction of sp³-hybridized carbons (Fsp3) is 0.250. The molecule has 0 atom stereocenters. The number of carboxylic acids is 1. The fourth-order valence-electron chi connectivity index (χ4n) is 1.36. The highest BCUT2D eigenvalue weighted by Gasteiger charge is 2.09. The van der Waals surface area contributed by atoms with Crippen LogP contribution < -0.4 is 4.74 Å². The van der Waals surface area contributed by atoms with Crippen LogP contribution in [0.15, 0.2) is 34.7 Å². The largest absolute Gasteiger partial charge is 0.493 e. The van der Waals surface area contributed by atoms with Crippen molar-refractivity contribution in [2.24, 2.45) is 0 Å². The highest BCUT2D eigenvalue weighted by Crippen LogP contribution is 2.09. The number of nitrogens with zero attached hydrogens (tertiary/aromatic N) is 2. The Bertz CT molecular complexity index is 510. The van der Waals surface area contributed by atoms with Gasteiger partial charge < -0.3 is 14.3 Å². The van der Waals surface area contributed by atoms with Crippen LogP contribution in [-0.2, 0) is 17.6 Å². The molecule has 94 valence electrons. The van der Waals surface area contributed by atoms with E-state index in [1.165, 1.54) is 0 Å². The second-order valence-corrected chi connectivity index (χ2v) is 3.57. The van der Waals surface area contributed by atoms with Crippen LogP contribution in [0.25, 0.3) is 0 Å². The van der Waals surface area contributed by atoms with Crippen LogP contribution in [0.2, 0.25) is 0 Å². The molecule has 1 N–H and O–H groups in total. The van der Waals surface area contributed by atoms with Gasteiger partial charge in [0.25, 0.3) is 0 Å². The molecule has 6 heteroatoms. The van der Waals surface area contributed by atoms with Crippen molar-refractivity contribution >= 4 is 5.97 Å². The first kappa shape index (κ1) is 12.1. The highest BCUT2D eigenvalue weighted by atomic mass is 16.5. The number of para-hydroxylation sites is 1. The molecule has 0 aliphatic rings. The smallest absolute Gasteiger partial charge is 0.312 e. The zero-order chi connectivity index (χ0) is 12.8. The molecule has 1 aromatic carbocycles. The molecule has 0 fully saturated rings. The van der Waals surface area contributed by atoms with Gasteiger partial charge in [-0.3, -0.25) is 4.79 Å². The SMILES string of the molecule is O=C(O)Cc1nnc(CCOc2ccccc2)o1. The van der Waals surface area contributed by atoms with E-state index in [1.54, 1.807) is 0 Å². The van der Waals surface area contributed by atoms with E-state index in [1.807, 2.05) is 30.3 Å². The van der Waals surface area contributed by atoms with E-state index in [9.17, 15) is 4.79 Å². The van der Waals surface area contributed by atoms with Crippen LogP contribution in [0.4, 0.5) is 0 Å². The van der Waals surface area contributed by atoms with Crippen molar-refractivity contribution in [2.45, 2.75) is 12.8 Å². The normalized spacial score (nSPS) is 10.2. The minimum Gasteiger partial charge on any atom is -0.493 e. The maximum Gasteiger partial charge on any atom is 0.312 e. The van der Waals surface area contributed by atoms with E-state index in [2.05, 4.69) is 10.2 Å². The number of rotatable bonds is 6. The Morgan fingerprint density at radius 2 is 1.94 bits per heavy atom. The lowest BCUT2D eigenvalue weighted by molar-refractivity contribution is -0.136. The molecular formula is C12H12N2O4. The summed E-state index contributed by atoms with van der Waals surface area (Å²) in [6.45, 7) is 0.402. The first-order valence-corrected chi connectivity index (χ1v) is 5.45. The maximum atomic E-state index is 10.4. The average Bonchev–Trinajstić information content (AvgIpc) is 2.77. The van der Waals surface area contributed by atoms with Gasteiger partial charge in [0.1, 0.15) is 12.2 Å². The monoisotopic (exact) mass is 248 g/mol. The zero-order valence-corrected chi connectivity index (χ0v) is 9.57. The van der Waals surface area contributed by atoms with Gasteiger partial charge in [0.2, 0.25) is 11.8 Å². The number of hydrogen-bond donors (Lipinski definition) is 1. The Kier molecular flexibility index (Phi) is 3.90. The van der Waals surface area contributed by atoms with Crippen molar-refractivity contribution < 1.29 is 19.1 Å². The molecule has 0 unspecified atom stereocenters. The van der Waals surface area contributed by atoms with Crippen LogP contribution in [0.1, 0.15) is 11.8 Å². The summed E-state index contributed by atoms with van der Waals surface area (Å²) in [5.41, 5.74) is 0. The van der Waals surface area contributed by atoms with Crippen molar-refractivity contribution in [3.63, 3.8) is 0 Å². The van der Waals surface area contributed by atoms with E-state index in [-0.39, 0.29) is 12.3 Å². The molecule has 0 saturated carbocycles. The minimum absolute atomic E-state index is 0.109. The summed E-state index contributed by atoms with van der Waals surface area (Å²) < 4.78 is 10.6. The Hall–Kier alpha value is -2.37. The molecule has 1 aromatic heterocycles. The van der Waals surface area contributed by atoms with E-state index in [0.717, 1.165) is 5.75 Å². The lowest BCUT2D eigenvalue weighted by atomic mass is 10.3. The van der Waals surface area contributed by atoms with Crippen molar-refractivity contribution in [1.82, 2.24) is 10.2 Å². The van der Waals surface area contributed by atoms with Crippen molar-refractivity contribution in [1.29, 1.82) is 0 Å². The molecule has 18 heavy (non-hydrogen) atoms. The molecule has 0 amide bonds. The highest BCUT2D eigenvalue weighted by molar-refractivity contribution is 5.68. The first-order chi connectivity index (χ1) is 8.74. The Balaban J connectivity index is 1.80. The Labute approximate surface area is 103 Å². The van der Waals surface area contributed by atoms with Gasteiger partial charge in [0.05, 0.1) is 13.0 Å². The molecule has 0 aliphatic heterocycles. The third-order valence-electron chi connectivity index (χ3n) is 2.14. The van der Waals surface area contributed by atoms with Crippen molar-refractivity contribution in [2.75, 3.05) is 6.61 Å². The van der Waals surface area contributed by atoms with Crippen molar-refractivity contribution in [3.8, 4) is 5.75 Å². The Morgan fingerprint density at radius 3 is 2.67 bits per heavy atom. The summed E-state index contributed by atoms with van der Waals surface area (Å²) in [7, 11) is 0. The molecule has 0 spiro atoms. The summed E-state index contributed by atoms with van der Waals surface area (Å²) in [6.07, 6.45) is 0.189. The van der Waals surface area contributed by atoms with Crippen LogP contribution in [0, 0.1) is 0 Å². The topological polar surface area (TPSA) is 85.5 Å². The van der Waals surface area contributed by atoms with Gasteiger partial charge in [0.15, 0.2) is 0 Å². The van der Waals surface area contributed by atoms with Gasteiger partial charge in [-0.15, -0.1) is 10.2 Å². The number of ether oxygens (including phenoxy) is 1. The minimum atomic E-state index is -0.995. The summed E-state index contributed by atoms with van der Waals surface area (Å²) in [6, 6.07) is 9.37. The Morgan fingerprint density at radius 1 is 1.22 bits per heavy atom. The van der Waals surface area contributed by atoms with Gasteiger partial charge >= 0.3 is 5.97 Å². The number of carbonyl (C=O) groups is 1. The predicted molar refractivity (Wildman–Crippen MR) is 61.3 cm³/mol. The zero-order valence-electron chi connectivity index (χ0n) is 9.57. The van der Waals surface area contributed by atoms with Crippen LogP contribution >= 0.6 is 0 Å². The van der Waals surface area contributed by atoms with Crippen LogP contribution in [-0.4, -0.2) is 27.9 Å². The van der Waals surface area contributed by atoms with Gasteiger partial charge in [0, 0.05) is 0 Å². The molecule has 1 heterocycles. The van der Waals surface area contributed by atoms with E-state index >= 15 is 0 Å². The van der Waals surface area contributed by atoms with E-state index < -0.39 is 5.97 Å². The molecule has 0 bridgehead atoms. The third kappa shape index (κ3) is 3.58. The van der Waals surface area contributed by atoms with Crippen molar-refractivity contribution in [3.05, 3.63) is 42.1 Å². The predicted octanol–water partition coefficient (Wildman–Crippen LogP) is 1.32. The second-order valence-electron chi connectivity index (χ2n) is 3.57. The number of hydrogen-bond acceptors (Lipinski definition) is 5. The van der Waals surface area contributed by atoms with E-state index in [4.69, 9.17) is 14.3 Å². The van der Waals surface area contributed by atoms with Crippen LogP contribution in [0.3, 0.4) is 0 Å². The fourth-order valence-corrected chi connectivity index (χ4v) is 1.36. The summed E-state index contributed by atoms with van der Waals surface area (Å²) in [4.78, 5) is 10.4. The van der Waals surface area contributed by atoms with Gasteiger partial charge in [-0.2, -0.15) is 0 Å². The van der Waals surface area contributed by atoms with Gasteiger partial charge in [-0.25, -0.2) is 0 Å². The standard InChI is InChI=1S/C12H12N2O4/c15-12(16)8-11-14-13-10(18-11)6-7-17-9-4-2-1-3-5-9/h1-5H,6-8H2,(H,15,16). The molecule has 6 nitrogen and oxygen atoms in total. The number of benzene rings is 1. The molecule has 0 radical (unpaired) electrons. The molecule has 2 aromatic rings. The molecule has 2 rings (SSSR count). The van der Waals surface area contributed by atoms with E-state index in [0.29, 0.717) is 18.9 Å². The second kappa shape index (κ2) is 5.81. The average molecular weight is 248 g/mol. The number of aliphatic carboxylic acids is 1. The third-order valence-corrected chi connectivity index (χ3v) is 2.14. The summed E-state index contributed by atoms with van der Waals surface area (Å²) >= 11 is 0. The molecule has 0 saturated heterocycles. The quantitative estimate of drug-likeness (QED) is 0.829. The first-order valence-electron chi connectivity index (χ1n) is 5.45. The van der Waals surface area contributed by atoms with Gasteiger partial charge in [-0.05, 0) is 12.1 Å². The number of aromatic nitrogens is 2.